The molecule has 1 fully saturated rings. The van der Waals surface area contributed by atoms with Crippen molar-refractivity contribution >= 4 is 29.0 Å². The van der Waals surface area contributed by atoms with Crippen LogP contribution in [0.15, 0.2) is 24.4 Å². The van der Waals surface area contributed by atoms with Gasteiger partial charge in [0.1, 0.15) is 5.82 Å². The number of benzene rings is 1. The molecular formula is C18H21N5O. The Kier molecular flexibility index (Phi) is 3.80. The number of nitrogens with one attached hydrogen (secondary N) is 3. The van der Waals surface area contributed by atoms with Gasteiger partial charge in [0.05, 0.1) is 0 Å². The molecule has 2 aromatic rings. The van der Waals surface area contributed by atoms with Gasteiger partial charge in [-0.2, -0.15) is 4.98 Å². The molecule has 0 bridgehead atoms. The largest absolute Gasteiger partial charge is 0.351 e. The van der Waals surface area contributed by atoms with Crippen LogP contribution in [0.5, 0.6) is 0 Å². The third kappa shape index (κ3) is 3.04. The van der Waals surface area contributed by atoms with E-state index in [0.29, 0.717) is 18.4 Å². The van der Waals surface area contributed by atoms with Gasteiger partial charge in [0.25, 0.3) is 0 Å². The second kappa shape index (κ2) is 6.11. The molecule has 0 unspecified atom stereocenters. The van der Waals surface area contributed by atoms with Crippen LogP contribution >= 0.6 is 0 Å². The molecule has 1 aliphatic heterocycles. The Bertz CT molecular complexity index is 785. The molecule has 0 saturated heterocycles. The average molecular weight is 323 g/mol. The summed E-state index contributed by atoms with van der Waals surface area (Å²) in [5, 5.41) is 9.66. The highest BCUT2D eigenvalue weighted by Gasteiger charge is 2.18. The Morgan fingerprint density at radius 2 is 2.12 bits per heavy atom. The van der Waals surface area contributed by atoms with E-state index in [2.05, 4.69) is 32.0 Å². The Morgan fingerprint density at radius 1 is 1.25 bits per heavy atom. The molecule has 6 nitrogen and oxygen atoms in total. The predicted molar refractivity (Wildman–Crippen MR) is 94.7 cm³/mol. The van der Waals surface area contributed by atoms with Gasteiger partial charge >= 0.3 is 0 Å². The molecular weight excluding hydrogens is 302 g/mol. The van der Waals surface area contributed by atoms with E-state index in [1.54, 1.807) is 0 Å². The fourth-order valence-corrected chi connectivity index (χ4v) is 2.97. The summed E-state index contributed by atoms with van der Waals surface area (Å²) in [4.78, 5) is 20.4. The summed E-state index contributed by atoms with van der Waals surface area (Å²) in [6.07, 6.45) is 6.81. The SMILES string of the molecule is Cc1cnc(NC2CCC2)nc1Nc1ccc2c(c1)CCC(=O)N2. The van der Waals surface area contributed by atoms with Crippen LogP contribution in [0.3, 0.4) is 0 Å². The van der Waals surface area contributed by atoms with Crippen LogP contribution < -0.4 is 16.0 Å². The van der Waals surface area contributed by atoms with E-state index in [9.17, 15) is 4.79 Å². The molecule has 124 valence electrons. The molecule has 3 N–H and O–H groups in total. The summed E-state index contributed by atoms with van der Waals surface area (Å²) in [5.41, 5.74) is 4.03. The van der Waals surface area contributed by atoms with Crippen LogP contribution in [0.4, 0.5) is 23.1 Å². The standard InChI is InChI=1S/C18H21N5O/c1-11-10-19-18(21-13-3-2-4-13)23-17(11)20-14-6-7-15-12(9-14)5-8-16(24)22-15/h6-7,9-10,13H,2-5,8H2,1H3,(H,22,24)(H2,19,20,21,23). The van der Waals surface area contributed by atoms with Gasteiger partial charge in [-0.25, -0.2) is 4.98 Å². The Labute approximate surface area is 141 Å². The fourth-order valence-electron chi connectivity index (χ4n) is 2.97. The first kappa shape index (κ1) is 14.9. The van der Waals surface area contributed by atoms with Crippen molar-refractivity contribution in [1.29, 1.82) is 0 Å². The maximum atomic E-state index is 11.5. The minimum Gasteiger partial charge on any atom is -0.351 e. The van der Waals surface area contributed by atoms with Crippen molar-refractivity contribution in [3.63, 3.8) is 0 Å². The Morgan fingerprint density at radius 3 is 2.92 bits per heavy atom. The second-order valence-corrected chi connectivity index (χ2v) is 6.54. The number of aromatic nitrogens is 2. The van der Waals surface area contributed by atoms with E-state index < -0.39 is 0 Å². The lowest BCUT2D eigenvalue weighted by Gasteiger charge is -2.26. The summed E-state index contributed by atoms with van der Waals surface area (Å²) in [5.74, 6) is 1.58. The van der Waals surface area contributed by atoms with Crippen LogP contribution in [0.1, 0.15) is 36.8 Å². The topological polar surface area (TPSA) is 78.9 Å². The van der Waals surface area contributed by atoms with Crippen molar-refractivity contribution in [2.24, 2.45) is 0 Å². The predicted octanol–water partition coefficient (Wildman–Crippen LogP) is 3.38. The Balaban J connectivity index is 1.54. The van der Waals surface area contributed by atoms with E-state index in [-0.39, 0.29) is 5.91 Å². The number of carbonyl (C=O) groups is 1. The van der Waals surface area contributed by atoms with Gasteiger partial charge in [0, 0.05) is 35.6 Å². The van der Waals surface area contributed by atoms with Gasteiger partial charge in [-0.1, -0.05) is 0 Å². The zero-order valence-electron chi connectivity index (χ0n) is 13.7. The third-order valence-electron chi connectivity index (χ3n) is 4.67. The molecule has 0 spiro atoms. The number of carbonyl (C=O) groups excluding carboxylic acids is 1. The molecule has 1 amide bonds. The number of nitrogens with zero attached hydrogens (tertiary/aromatic N) is 2. The first-order chi connectivity index (χ1) is 11.7. The number of anilines is 4. The van der Waals surface area contributed by atoms with Gasteiger partial charge in [-0.05, 0) is 56.4 Å². The van der Waals surface area contributed by atoms with Crippen LogP contribution in [-0.4, -0.2) is 21.9 Å². The van der Waals surface area contributed by atoms with Crippen LogP contribution in [0, 0.1) is 6.92 Å². The van der Waals surface area contributed by atoms with Crippen LogP contribution in [0.2, 0.25) is 0 Å². The lowest BCUT2D eigenvalue weighted by atomic mass is 9.93. The monoisotopic (exact) mass is 323 g/mol. The Hall–Kier alpha value is -2.63. The highest BCUT2D eigenvalue weighted by Crippen LogP contribution is 2.28. The highest BCUT2D eigenvalue weighted by molar-refractivity contribution is 5.94. The van der Waals surface area contributed by atoms with Crippen LogP contribution in [0.25, 0.3) is 0 Å². The van der Waals surface area contributed by atoms with Gasteiger partial charge < -0.3 is 16.0 Å². The van der Waals surface area contributed by atoms with Crippen molar-refractivity contribution in [2.45, 2.75) is 45.1 Å². The number of hydrogen-bond donors (Lipinski definition) is 3. The summed E-state index contributed by atoms with van der Waals surface area (Å²) < 4.78 is 0. The van der Waals surface area contributed by atoms with Gasteiger partial charge in [0.2, 0.25) is 11.9 Å². The van der Waals surface area contributed by atoms with Gasteiger partial charge in [0.15, 0.2) is 0 Å². The van der Waals surface area contributed by atoms with Gasteiger partial charge in [-0.3, -0.25) is 4.79 Å². The molecule has 0 atom stereocenters. The maximum absolute atomic E-state index is 11.5. The maximum Gasteiger partial charge on any atom is 0.224 e. The van der Waals surface area contributed by atoms with Crippen molar-refractivity contribution in [3.05, 3.63) is 35.5 Å². The van der Waals surface area contributed by atoms with Crippen molar-refractivity contribution < 1.29 is 4.79 Å². The van der Waals surface area contributed by atoms with E-state index in [0.717, 1.165) is 34.7 Å². The molecule has 4 rings (SSSR count). The van der Waals surface area contributed by atoms with E-state index >= 15 is 0 Å². The smallest absolute Gasteiger partial charge is 0.224 e. The molecule has 6 heteroatoms. The zero-order valence-corrected chi connectivity index (χ0v) is 13.7. The summed E-state index contributed by atoms with van der Waals surface area (Å²) >= 11 is 0. The second-order valence-electron chi connectivity index (χ2n) is 6.54. The average Bonchev–Trinajstić information content (AvgIpc) is 2.54. The number of fused-ring (bicyclic) bond motifs is 1. The minimum atomic E-state index is 0.0848. The number of rotatable bonds is 4. The van der Waals surface area contributed by atoms with Crippen LogP contribution in [-0.2, 0) is 11.2 Å². The molecule has 24 heavy (non-hydrogen) atoms. The van der Waals surface area contributed by atoms with E-state index in [4.69, 9.17) is 0 Å². The summed E-state index contributed by atoms with van der Waals surface area (Å²) in [7, 11) is 0. The lowest BCUT2D eigenvalue weighted by molar-refractivity contribution is -0.116. The molecule has 1 saturated carbocycles. The van der Waals surface area contributed by atoms with E-state index in [1.807, 2.05) is 25.3 Å². The third-order valence-corrected chi connectivity index (χ3v) is 4.67. The number of hydrogen-bond acceptors (Lipinski definition) is 5. The number of aryl methyl sites for hydroxylation is 2. The van der Waals surface area contributed by atoms with Crippen molar-refractivity contribution in [3.8, 4) is 0 Å². The highest BCUT2D eigenvalue weighted by atomic mass is 16.1. The summed E-state index contributed by atoms with van der Waals surface area (Å²) in [6, 6.07) is 6.49. The fraction of sp³-hybridized carbons (Fsp3) is 0.389. The first-order valence-electron chi connectivity index (χ1n) is 8.47. The molecule has 2 heterocycles. The molecule has 1 aromatic carbocycles. The van der Waals surface area contributed by atoms with E-state index in [1.165, 1.54) is 19.3 Å². The molecule has 1 aromatic heterocycles. The van der Waals surface area contributed by atoms with Crippen molar-refractivity contribution in [1.82, 2.24) is 9.97 Å². The molecule has 1 aliphatic carbocycles. The van der Waals surface area contributed by atoms with Crippen molar-refractivity contribution in [2.75, 3.05) is 16.0 Å². The molecule has 0 radical (unpaired) electrons. The normalized spacial score (nSPS) is 16.8. The lowest BCUT2D eigenvalue weighted by Crippen LogP contribution is -2.28. The molecule has 2 aliphatic rings. The number of amides is 1. The zero-order chi connectivity index (χ0) is 16.5. The quantitative estimate of drug-likeness (QED) is 0.804. The summed E-state index contributed by atoms with van der Waals surface area (Å²) in [6.45, 7) is 1.99. The first-order valence-corrected chi connectivity index (χ1v) is 8.47. The minimum absolute atomic E-state index is 0.0848. The van der Waals surface area contributed by atoms with Gasteiger partial charge in [-0.15, -0.1) is 0 Å².